The van der Waals surface area contributed by atoms with E-state index < -0.39 is 0 Å². The summed E-state index contributed by atoms with van der Waals surface area (Å²) >= 11 is 0. The molecule has 4 heterocycles. The standard InChI is InChI=1S/C18H24N6O2/c1-3-23-15(25)7-6-12(16(23)17-19-8-10-22(17)2)18(26)24-9-4-5-13-14(24)11-20-21-13/h8,10-12,16H,3-7,9H2,1-2H3,(H,20,21)/t12-,16-/m0/s1. The van der Waals surface area contributed by atoms with Crippen molar-refractivity contribution in [2.45, 2.75) is 38.6 Å². The predicted octanol–water partition coefficient (Wildman–Crippen LogP) is 1.42. The molecule has 0 unspecified atom stereocenters. The second kappa shape index (κ2) is 6.59. The van der Waals surface area contributed by atoms with Crippen LogP contribution in [-0.2, 0) is 23.1 Å². The lowest BCUT2D eigenvalue weighted by Gasteiger charge is -2.41. The van der Waals surface area contributed by atoms with Gasteiger partial charge in [0, 0.05) is 39.0 Å². The monoisotopic (exact) mass is 356 g/mol. The Bertz CT molecular complexity index is 825. The zero-order valence-electron chi connectivity index (χ0n) is 15.2. The molecule has 0 spiro atoms. The number of carbonyl (C=O) groups is 2. The molecular formula is C18H24N6O2. The van der Waals surface area contributed by atoms with Gasteiger partial charge < -0.3 is 14.4 Å². The van der Waals surface area contributed by atoms with Crippen LogP contribution in [0.3, 0.4) is 0 Å². The third-order valence-corrected chi connectivity index (χ3v) is 5.55. The molecule has 1 saturated heterocycles. The number of imidazole rings is 1. The number of aromatic amines is 1. The molecule has 2 aliphatic rings. The number of rotatable bonds is 3. The maximum Gasteiger partial charge on any atom is 0.232 e. The maximum atomic E-state index is 13.5. The zero-order chi connectivity index (χ0) is 18.3. The highest BCUT2D eigenvalue weighted by Gasteiger charge is 2.44. The van der Waals surface area contributed by atoms with Gasteiger partial charge in [0.25, 0.3) is 0 Å². The second-order valence-corrected chi connectivity index (χ2v) is 6.99. The average molecular weight is 356 g/mol. The summed E-state index contributed by atoms with van der Waals surface area (Å²) < 4.78 is 1.91. The van der Waals surface area contributed by atoms with Crippen LogP contribution in [0, 0.1) is 5.92 Å². The van der Waals surface area contributed by atoms with Gasteiger partial charge in [0.05, 0.1) is 23.5 Å². The average Bonchev–Trinajstić information content (AvgIpc) is 3.29. The largest absolute Gasteiger partial charge is 0.336 e. The van der Waals surface area contributed by atoms with Crippen molar-refractivity contribution < 1.29 is 9.59 Å². The molecule has 2 atom stereocenters. The van der Waals surface area contributed by atoms with Crippen LogP contribution in [0.1, 0.15) is 43.7 Å². The third kappa shape index (κ3) is 2.60. The first-order valence-electron chi connectivity index (χ1n) is 9.22. The van der Waals surface area contributed by atoms with Crippen LogP contribution in [0.2, 0.25) is 0 Å². The highest BCUT2D eigenvalue weighted by molar-refractivity contribution is 5.97. The van der Waals surface area contributed by atoms with Gasteiger partial charge in [-0.1, -0.05) is 0 Å². The number of likely N-dealkylation sites (tertiary alicyclic amines) is 1. The van der Waals surface area contributed by atoms with Crippen molar-refractivity contribution in [2.75, 3.05) is 18.0 Å². The third-order valence-electron chi connectivity index (χ3n) is 5.55. The van der Waals surface area contributed by atoms with Crippen LogP contribution in [0.25, 0.3) is 0 Å². The minimum atomic E-state index is -0.328. The molecular weight excluding hydrogens is 332 g/mol. The molecule has 26 heavy (non-hydrogen) atoms. The van der Waals surface area contributed by atoms with E-state index in [1.807, 2.05) is 29.6 Å². The number of aryl methyl sites for hydroxylation is 2. The summed E-state index contributed by atoms with van der Waals surface area (Å²) in [7, 11) is 1.91. The van der Waals surface area contributed by atoms with Crippen molar-refractivity contribution in [3.8, 4) is 0 Å². The Kier molecular flexibility index (Phi) is 4.26. The number of aromatic nitrogens is 4. The number of H-pyrrole nitrogens is 1. The Morgan fingerprint density at radius 1 is 1.38 bits per heavy atom. The van der Waals surface area contributed by atoms with Crippen LogP contribution in [0.15, 0.2) is 18.6 Å². The van der Waals surface area contributed by atoms with Gasteiger partial charge in [-0.2, -0.15) is 5.10 Å². The van der Waals surface area contributed by atoms with Crippen molar-refractivity contribution in [3.63, 3.8) is 0 Å². The van der Waals surface area contributed by atoms with Gasteiger partial charge in [-0.15, -0.1) is 0 Å². The first-order valence-corrected chi connectivity index (χ1v) is 9.22. The molecule has 2 aliphatic heterocycles. The fraction of sp³-hybridized carbons (Fsp3) is 0.556. The Hall–Kier alpha value is -2.64. The SMILES string of the molecule is CCN1C(=O)CC[C@H](C(=O)N2CCCc3[nH]ncc32)[C@H]1c1nccn1C. The first-order chi connectivity index (χ1) is 12.6. The van der Waals surface area contributed by atoms with Crippen LogP contribution >= 0.6 is 0 Å². The van der Waals surface area contributed by atoms with Crippen LogP contribution in [0.4, 0.5) is 5.69 Å². The molecule has 0 aliphatic carbocycles. The summed E-state index contributed by atoms with van der Waals surface area (Å²) in [6.07, 6.45) is 8.08. The number of nitrogens with one attached hydrogen (secondary N) is 1. The van der Waals surface area contributed by atoms with E-state index in [1.54, 1.807) is 17.3 Å². The highest BCUT2D eigenvalue weighted by Crippen LogP contribution is 2.38. The summed E-state index contributed by atoms with van der Waals surface area (Å²) in [6.45, 7) is 3.21. The van der Waals surface area contributed by atoms with Gasteiger partial charge in [0.2, 0.25) is 11.8 Å². The summed E-state index contributed by atoms with van der Waals surface area (Å²) in [5.41, 5.74) is 1.89. The molecule has 0 bridgehead atoms. The first kappa shape index (κ1) is 16.8. The van der Waals surface area contributed by atoms with Gasteiger partial charge in [-0.3, -0.25) is 14.7 Å². The lowest BCUT2D eigenvalue weighted by atomic mass is 9.86. The van der Waals surface area contributed by atoms with E-state index in [0.717, 1.165) is 30.0 Å². The topological polar surface area (TPSA) is 87.1 Å². The van der Waals surface area contributed by atoms with Crippen molar-refractivity contribution in [3.05, 3.63) is 30.1 Å². The van der Waals surface area contributed by atoms with E-state index in [-0.39, 0.29) is 23.8 Å². The number of fused-ring (bicyclic) bond motifs is 1. The van der Waals surface area contributed by atoms with Gasteiger partial charge in [-0.25, -0.2) is 4.98 Å². The van der Waals surface area contributed by atoms with Crippen LogP contribution in [0.5, 0.6) is 0 Å². The van der Waals surface area contributed by atoms with E-state index in [4.69, 9.17) is 0 Å². The Morgan fingerprint density at radius 3 is 2.96 bits per heavy atom. The minimum Gasteiger partial charge on any atom is -0.336 e. The number of nitrogens with zero attached hydrogens (tertiary/aromatic N) is 5. The normalized spacial score (nSPS) is 23.2. The number of piperidine rings is 1. The molecule has 2 aromatic rings. The molecule has 2 amide bonds. The van der Waals surface area contributed by atoms with Gasteiger partial charge >= 0.3 is 0 Å². The minimum absolute atomic E-state index is 0.0614. The Labute approximate surface area is 152 Å². The quantitative estimate of drug-likeness (QED) is 0.901. The number of amides is 2. The van der Waals surface area contributed by atoms with E-state index in [1.165, 1.54) is 0 Å². The zero-order valence-corrected chi connectivity index (χ0v) is 15.2. The van der Waals surface area contributed by atoms with Crippen molar-refractivity contribution in [1.82, 2.24) is 24.6 Å². The Morgan fingerprint density at radius 2 is 2.23 bits per heavy atom. The smallest absolute Gasteiger partial charge is 0.232 e. The number of hydrogen-bond acceptors (Lipinski definition) is 4. The molecule has 0 saturated carbocycles. The molecule has 1 fully saturated rings. The fourth-order valence-corrected chi connectivity index (χ4v) is 4.25. The predicted molar refractivity (Wildman–Crippen MR) is 95.3 cm³/mol. The highest BCUT2D eigenvalue weighted by atomic mass is 16.2. The Balaban J connectivity index is 1.71. The maximum absolute atomic E-state index is 13.5. The number of anilines is 1. The summed E-state index contributed by atoms with van der Waals surface area (Å²) in [4.78, 5) is 34.1. The summed E-state index contributed by atoms with van der Waals surface area (Å²) in [5.74, 6) is 0.621. The second-order valence-electron chi connectivity index (χ2n) is 6.99. The lowest BCUT2D eigenvalue weighted by Crippen LogP contribution is -2.50. The molecule has 2 aromatic heterocycles. The van der Waals surface area contributed by atoms with Crippen molar-refractivity contribution in [1.29, 1.82) is 0 Å². The van der Waals surface area contributed by atoms with E-state index in [2.05, 4.69) is 15.2 Å². The van der Waals surface area contributed by atoms with E-state index >= 15 is 0 Å². The van der Waals surface area contributed by atoms with Crippen molar-refractivity contribution in [2.24, 2.45) is 13.0 Å². The lowest BCUT2D eigenvalue weighted by molar-refractivity contribution is -0.142. The van der Waals surface area contributed by atoms with E-state index in [9.17, 15) is 9.59 Å². The van der Waals surface area contributed by atoms with Gasteiger partial charge in [0.1, 0.15) is 11.9 Å². The molecule has 138 valence electrons. The summed E-state index contributed by atoms with van der Waals surface area (Å²) in [5, 5.41) is 7.10. The van der Waals surface area contributed by atoms with Gasteiger partial charge in [0.15, 0.2) is 0 Å². The van der Waals surface area contributed by atoms with Crippen molar-refractivity contribution >= 4 is 17.5 Å². The number of carbonyl (C=O) groups excluding carboxylic acids is 2. The van der Waals surface area contributed by atoms with E-state index in [0.29, 0.717) is 25.9 Å². The van der Waals surface area contributed by atoms with Crippen LogP contribution in [-0.4, -0.2) is 49.6 Å². The van der Waals surface area contributed by atoms with Gasteiger partial charge in [-0.05, 0) is 26.2 Å². The van der Waals surface area contributed by atoms with Crippen LogP contribution < -0.4 is 4.90 Å². The fourth-order valence-electron chi connectivity index (χ4n) is 4.25. The molecule has 1 N–H and O–H groups in total. The number of hydrogen-bond donors (Lipinski definition) is 1. The molecule has 0 radical (unpaired) electrons. The molecule has 8 nitrogen and oxygen atoms in total. The molecule has 4 rings (SSSR count). The summed E-state index contributed by atoms with van der Waals surface area (Å²) in [6, 6.07) is -0.328. The molecule has 8 heteroatoms. The molecule has 0 aromatic carbocycles.